The molecule has 0 bridgehead atoms. The fourth-order valence-corrected chi connectivity index (χ4v) is 3.76. The monoisotopic (exact) mass is 303 g/mol. The van der Waals surface area contributed by atoms with Crippen molar-refractivity contribution in [2.75, 3.05) is 13.1 Å². The van der Waals surface area contributed by atoms with Gasteiger partial charge in [0.05, 0.1) is 11.6 Å². The zero-order valence-electron chi connectivity index (χ0n) is 12.5. The molecule has 0 aromatic carbocycles. The fourth-order valence-electron chi connectivity index (χ4n) is 3.00. The molecular weight excluding hydrogens is 282 g/mol. The highest BCUT2D eigenvalue weighted by molar-refractivity contribution is 7.08. The van der Waals surface area contributed by atoms with Gasteiger partial charge < -0.3 is 4.90 Å². The predicted octanol–water partition coefficient (Wildman–Crippen LogP) is 3.29. The van der Waals surface area contributed by atoms with Gasteiger partial charge in [-0.25, -0.2) is 0 Å². The molecular formula is C16H21N3OS. The lowest BCUT2D eigenvalue weighted by Crippen LogP contribution is -2.41. The van der Waals surface area contributed by atoms with Crippen LogP contribution in [0.4, 0.5) is 0 Å². The zero-order valence-corrected chi connectivity index (χ0v) is 13.3. The average molecular weight is 303 g/mol. The van der Waals surface area contributed by atoms with Crippen molar-refractivity contribution in [3.05, 3.63) is 39.8 Å². The lowest BCUT2D eigenvalue weighted by Gasteiger charge is -2.33. The van der Waals surface area contributed by atoms with Crippen LogP contribution in [0, 0.1) is 6.92 Å². The van der Waals surface area contributed by atoms with E-state index in [0.29, 0.717) is 5.92 Å². The quantitative estimate of drug-likeness (QED) is 0.946. The van der Waals surface area contributed by atoms with Crippen molar-refractivity contribution in [3.63, 3.8) is 0 Å². The molecule has 0 spiro atoms. The van der Waals surface area contributed by atoms with Crippen LogP contribution in [-0.4, -0.2) is 34.1 Å². The Bertz CT molecular complexity index is 605. The molecule has 0 unspecified atom stereocenters. The molecule has 2 atom stereocenters. The van der Waals surface area contributed by atoms with E-state index in [1.54, 1.807) is 11.3 Å². The summed E-state index contributed by atoms with van der Waals surface area (Å²) < 4.78 is 0. The first kappa shape index (κ1) is 14.3. The van der Waals surface area contributed by atoms with Gasteiger partial charge in [-0.2, -0.15) is 16.4 Å². The molecule has 0 saturated carbocycles. The smallest absolute Gasteiger partial charge is 0.229 e. The molecule has 1 aliphatic heterocycles. The molecule has 1 saturated heterocycles. The van der Waals surface area contributed by atoms with Crippen LogP contribution in [0.15, 0.2) is 22.9 Å². The number of aromatic nitrogens is 2. The van der Waals surface area contributed by atoms with Crippen LogP contribution in [0.5, 0.6) is 0 Å². The number of carbonyl (C=O) groups is 1. The molecule has 2 aromatic heterocycles. The van der Waals surface area contributed by atoms with E-state index in [2.05, 4.69) is 21.6 Å². The van der Waals surface area contributed by atoms with Gasteiger partial charge in [-0.3, -0.25) is 9.89 Å². The number of thiophene rings is 1. The first-order valence-electron chi connectivity index (χ1n) is 7.48. The Morgan fingerprint density at radius 3 is 3.10 bits per heavy atom. The van der Waals surface area contributed by atoms with Crippen molar-refractivity contribution in [2.45, 2.75) is 38.5 Å². The first-order chi connectivity index (χ1) is 10.1. The van der Waals surface area contributed by atoms with Crippen molar-refractivity contribution in [2.24, 2.45) is 0 Å². The van der Waals surface area contributed by atoms with Gasteiger partial charge in [0.2, 0.25) is 5.91 Å². The molecule has 4 nitrogen and oxygen atoms in total. The summed E-state index contributed by atoms with van der Waals surface area (Å²) in [5.74, 6) is 0.559. The molecule has 0 radical (unpaired) electrons. The molecule has 3 rings (SSSR count). The number of nitrogens with one attached hydrogen (secondary N) is 1. The number of aromatic amines is 1. The molecule has 112 valence electrons. The summed E-state index contributed by atoms with van der Waals surface area (Å²) in [6, 6.07) is 4.15. The average Bonchev–Trinajstić information content (AvgIpc) is 3.17. The Kier molecular flexibility index (Phi) is 4.10. The Labute approximate surface area is 129 Å². The van der Waals surface area contributed by atoms with Crippen LogP contribution < -0.4 is 0 Å². The topological polar surface area (TPSA) is 49.0 Å². The minimum absolute atomic E-state index is 0.0454. The van der Waals surface area contributed by atoms with E-state index in [1.165, 1.54) is 0 Å². The molecule has 0 aliphatic carbocycles. The van der Waals surface area contributed by atoms with Crippen LogP contribution >= 0.6 is 11.3 Å². The highest BCUT2D eigenvalue weighted by Gasteiger charge is 2.29. The van der Waals surface area contributed by atoms with Crippen molar-refractivity contribution in [1.29, 1.82) is 0 Å². The molecule has 2 aromatic rings. The van der Waals surface area contributed by atoms with Crippen molar-refractivity contribution < 1.29 is 4.79 Å². The number of H-pyrrole nitrogens is 1. The second kappa shape index (κ2) is 6.02. The van der Waals surface area contributed by atoms with Gasteiger partial charge in [0.1, 0.15) is 0 Å². The number of hydrogen-bond donors (Lipinski definition) is 1. The van der Waals surface area contributed by atoms with Crippen LogP contribution in [0.1, 0.15) is 48.6 Å². The Balaban J connectivity index is 1.69. The number of amides is 1. The summed E-state index contributed by atoms with van der Waals surface area (Å²) in [5.41, 5.74) is 3.30. The third kappa shape index (κ3) is 3.02. The van der Waals surface area contributed by atoms with Crippen molar-refractivity contribution in [3.8, 4) is 0 Å². The number of aryl methyl sites for hydroxylation is 1. The van der Waals surface area contributed by atoms with Crippen molar-refractivity contribution >= 4 is 17.2 Å². The summed E-state index contributed by atoms with van der Waals surface area (Å²) in [5, 5.41) is 11.5. The molecule has 1 fully saturated rings. The largest absolute Gasteiger partial charge is 0.342 e. The molecule has 21 heavy (non-hydrogen) atoms. The zero-order chi connectivity index (χ0) is 14.8. The summed E-state index contributed by atoms with van der Waals surface area (Å²) in [6.07, 6.45) is 2.17. The van der Waals surface area contributed by atoms with Gasteiger partial charge in [0.15, 0.2) is 0 Å². The number of hydrogen-bond acceptors (Lipinski definition) is 3. The third-order valence-electron chi connectivity index (χ3n) is 4.29. The Hall–Kier alpha value is -1.62. The van der Waals surface area contributed by atoms with Crippen molar-refractivity contribution in [1.82, 2.24) is 15.1 Å². The maximum Gasteiger partial charge on any atom is 0.229 e. The van der Waals surface area contributed by atoms with Crippen LogP contribution in [-0.2, 0) is 4.79 Å². The second-order valence-electron chi connectivity index (χ2n) is 5.88. The standard InChI is InChI=1S/C16H21N3OS/c1-11-8-15(18-17-11)13-4-3-6-19(9-13)16(20)12(2)14-5-7-21-10-14/h5,7-8,10,12-13H,3-4,6,9H2,1-2H3,(H,17,18)/t12-,13-/m0/s1. The van der Waals surface area contributed by atoms with Gasteiger partial charge in [0.25, 0.3) is 0 Å². The molecule has 3 heterocycles. The summed E-state index contributed by atoms with van der Waals surface area (Å²) >= 11 is 1.65. The fraction of sp³-hybridized carbons (Fsp3) is 0.500. The molecule has 1 aliphatic rings. The molecule has 5 heteroatoms. The van der Waals surface area contributed by atoms with Gasteiger partial charge in [-0.15, -0.1) is 0 Å². The minimum Gasteiger partial charge on any atom is -0.342 e. The van der Waals surface area contributed by atoms with E-state index in [0.717, 1.165) is 42.9 Å². The van der Waals surface area contributed by atoms with E-state index in [-0.39, 0.29) is 11.8 Å². The summed E-state index contributed by atoms with van der Waals surface area (Å²) in [4.78, 5) is 14.7. The Morgan fingerprint density at radius 2 is 2.43 bits per heavy atom. The summed E-state index contributed by atoms with van der Waals surface area (Å²) in [6.45, 7) is 5.68. The number of carbonyl (C=O) groups excluding carboxylic acids is 1. The predicted molar refractivity (Wildman–Crippen MR) is 84.6 cm³/mol. The van der Waals surface area contributed by atoms with E-state index in [4.69, 9.17) is 0 Å². The van der Waals surface area contributed by atoms with Crippen LogP contribution in [0.2, 0.25) is 0 Å². The van der Waals surface area contributed by atoms with Gasteiger partial charge >= 0.3 is 0 Å². The maximum absolute atomic E-state index is 12.7. The number of rotatable bonds is 3. The van der Waals surface area contributed by atoms with Gasteiger partial charge in [-0.1, -0.05) is 0 Å². The first-order valence-corrected chi connectivity index (χ1v) is 8.42. The van der Waals surface area contributed by atoms with Crippen LogP contribution in [0.3, 0.4) is 0 Å². The third-order valence-corrected chi connectivity index (χ3v) is 4.99. The maximum atomic E-state index is 12.7. The van der Waals surface area contributed by atoms with Gasteiger partial charge in [0, 0.05) is 24.7 Å². The van der Waals surface area contributed by atoms with E-state index < -0.39 is 0 Å². The highest BCUT2D eigenvalue weighted by atomic mass is 32.1. The van der Waals surface area contributed by atoms with E-state index in [1.807, 2.05) is 30.2 Å². The molecule has 1 amide bonds. The minimum atomic E-state index is -0.0454. The lowest BCUT2D eigenvalue weighted by molar-refractivity contribution is -0.133. The Morgan fingerprint density at radius 1 is 1.57 bits per heavy atom. The number of nitrogens with zero attached hydrogens (tertiary/aromatic N) is 2. The van der Waals surface area contributed by atoms with Gasteiger partial charge in [-0.05, 0) is 55.1 Å². The number of likely N-dealkylation sites (tertiary alicyclic amines) is 1. The normalized spacial score (nSPS) is 20.5. The summed E-state index contributed by atoms with van der Waals surface area (Å²) in [7, 11) is 0. The van der Waals surface area contributed by atoms with Crippen LogP contribution in [0.25, 0.3) is 0 Å². The second-order valence-corrected chi connectivity index (χ2v) is 6.66. The van der Waals surface area contributed by atoms with E-state index in [9.17, 15) is 4.79 Å². The van der Waals surface area contributed by atoms with E-state index >= 15 is 0 Å². The SMILES string of the molecule is Cc1cc([C@H]2CCCN(C(=O)[C@@H](C)c3ccsc3)C2)n[nH]1. The highest BCUT2D eigenvalue weighted by Crippen LogP contribution is 2.28. The number of piperidine rings is 1. The molecule has 1 N–H and O–H groups in total. The lowest BCUT2D eigenvalue weighted by atomic mass is 9.93.